The summed E-state index contributed by atoms with van der Waals surface area (Å²) < 4.78 is 0. The van der Waals surface area contributed by atoms with Crippen molar-refractivity contribution in [3.05, 3.63) is 0 Å². The largest absolute Gasteiger partial charge is 0.392 e. The molecule has 1 amide bonds. The van der Waals surface area contributed by atoms with Crippen molar-refractivity contribution in [2.45, 2.75) is 64.3 Å². The highest BCUT2D eigenvalue weighted by molar-refractivity contribution is 7.80. The molecular formula is C14H24N2OS. The van der Waals surface area contributed by atoms with Gasteiger partial charge in [-0.05, 0) is 32.1 Å². The third-order valence-electron chi connectivity index (χ3n) is 4.37. The molecule has 0 saturated heterocycles. The summed E-state index contributed by atoms with van der Waals surface area (Å²) in [5.74, 6) is 0.898. The fourth-order valence-corrected chi connectivity index (χ4v) is 3.31. The Balaban J connectivity index is 1.96. The van der Waals surface area contributed by atoms with Gasteiger partial charge in [-0.3, -0.25) is 4.79 Å². The monoisotopic (exact) mass is 268 g/mol. The van der Waals surface area contributed by atoms with Gasteiger partial charge in [-0.15, -0.1) is 0 Å². The van der Waals surface area contributed by atoms with Crippen molar-refractivity contribution in [3.63, 3.8) is 0 Å². The molecule has 0 heterocycles. The molecule has 3 nitrogen and oxygen atoms in total. The van der Waals surface area contributed by atoms with Crippen LogP contribution >= 0.6 is 12.2 Å². The maximum absolute atomic E-state index is 12.5. The molecule has 0 bridgehead atoms. The first kappa shape index (κ1) is 13.8. The van der Waals surface area contributed by atoms with Gasteiger partial charge in [0.05, 0.1) is 10.4 Å². The third kappa shape index (κ3) is 3.02. The average Bonchev–Trinajstić information content (AvgIpc) is 3.13. The summed E-state index contributed by atoms with van der Waals surface area (Å²) in [4.78, 5) is 12.9. The molecule has 4 heteroatoms. The van der Waals surface area contributed by atoms with E-state index in [-0.39, 0.29) is 11.9 Å². The van der Waals surface area contributed by atoms with Crippen molar-refractivity contribution < 1.29 is 4.79 Å². The maximum atomic E-state index is 12.5. The van der Waals surface area contributed by atoms with Gasteiger partial charge in [-0.1, -0.05) is 44.3 Å². The second-order valence-corrected chi connectivity index (χ2v) is 6.50. The number of amides is 1. The van der Waals surface area contributed by atoms with Crippen LogP contribution in [-0.4, -0.2) is 16.9 Å². The Morgan fingerprint density at radius 2 is 2.00 bits per heavy atom. The molecule has 2 aliphatic carbocycles. The molecule has 0 aromatic carbocycles. The van der Waals surface area contributed by atoms with Crippen molar-refractivity contribution in [3.8, 4) is 0 Å². The summed E-state index contributed by atoms with van der Waals surface area (Å²) in [6.45, 7) is 2.09. The van der Waals surface area contributed by atoms with E-state index in [1.54, 1.807) is 0 Å². The second kappa shape index (κ2) is 5.55. The van der Waals surface area contributed by atoms with Crippen molar-refractivity contribution in [1.29, 1.82) is 0 Å². The van der Waals surface area contributed by atoms with Crippen LogP contribution in [0.2, 0.25) is 0 Å². The first-order chi connectivity index (χ1) is 8.54. The van der Waals surface area contributed by atoms with Gasteiger partial charge >= 0.3 is 0 Å². The summed E-state index contributed by atoms with van der Waals surface area (Å²) in [5.41, 5.74) is 5.30. The number of rotatable bonds is 5. The van der Waals surface area contributed by atoms with Crippen LogP contribution in [0.15, 0.2) is 0 Å². The van der Waals surface area contributed by atoms with Gasteiger partial charge < -0.3 is 11.1 Å². The lowest BCUT2D eigenvalue weighted by atomic mass is 9.73. The fraction of sp³-hybridized carbons (Fsp3) is 0.857. The van der Waals surface area contributed by atoms with E-state index in [1.807, 2.05) is 0 Å². The van der Waals surface area contributed by atoms with Crippen molar-refractivity contribution in [2.24, 2.45) is 17.1 Å². The highest BCUT2D eigenvalue weighted by Crippen LogP contribution is 2.38. The predicted octanol–water partition coefficient (Wildman–Crippen LogP) is 2.53. The Morgan fingerprint density at radius 1 is 1.39 bits per heavy atom. The average molecular weight is 268 g/mol. The lowest BCUT2D eigenvalue weighted by Gasteiger charge is -2.35. The topological polar surface area (TPSA) is 55.1 Å². The highest BCUT2D eigenvalue weighted by atomic mass is 32.1. The molecule has 0 radical (unpaired) electrons. The molecule has 2 aliphatic rings. The van der Waals surface area contributed by atoms with Crippen molar-refractivity contribution in [1.82, 2.24) is 5.32 Å². The molecule has 102 valence electrons. The van der Waals surface area contributed by atoms with Gasteiger partial charge in [0.1, 0.15) is 0 Å². The Morgan fingerprint density at radius 3 is 2.50 bits per heavy atom. The van der Waals surface area contributed by atoms with E-state index in [4.69, 9.17) is 18.0 Å². The SMILES string of the molecule is CC(CC1CC1)NC(=O)C1(C(N)=S)CCCCC1. The molecule has 18 heavy (non-hydrogen) atoms. The maximum Gasteiger partial charge on any atom is 0.233 e. The normalized spacial score (nSPS) is 24.3. The van der Waals surface area contributed by atoms with E-state index < -0.39 is 5.41 Å². The predicted molar refractivity (Wildman–Crippen MR) is 77.2 cm³/mol. The Labute approximate surface area is 115 Å². The number of nitrogens with one attached hydrogen (secondary N) is 1. The smallest absolute Gasteiger partial charge is 0.233 e. The molecule has 0 aromatic heterocycles. The third-order valence-corrected chi connectivity index (χ3v) is 4.77. The van der Waals surface area contributed by atoms with Gasteiger partial charge in [0, 0.05) is 6.04 Å². The summed E-state index contributed by atoms with van der Waals surface area (Å²) in [6, 6.07) is 0.248. The Hall–Kier alpha value is -0.640. The van der Waals surface area contributed by atoms with E-state index in [0.717, 1.165) is 38.0 Å². The highest BCUT2D eigenvalue weighted by Gasteiger charge is 2.42. The van der Waals surface area contributed by atoms with E-state index >= 15 is 0 Å². The lowest BCUT2D eigenvalue weighted by molar-refractivity contribution is -0.129. The Kier molecular flexibility index (Phi) is 4.25. The van der Waals surface area contributed by atoms with Gasteiger partial charge in [0.2, 0.25) is 5.91 Å². The van der Waals surface area contributed by atoms with E-state index in [9.17, 15) is 4.79 Å². The zero-order valence-corrected chi connectivity index (χ0v) is 12.0. The number of thiocarbonyl (C=S) groups is 1. The molecular weight excluding hydrogens is 244 g/mol. The van der Waals surface area contributed by atoms with Crippen LogP contribution in [0.25, 0.3) is 0 Å². The summed E-state index contributed by atoms with van der Waals surface area (Å²) in [5, 5.41) is 3.14. The Bertz CT molecular complexity index is 333. The van der Waals surface area contributed by atoms with Crippen LogP contribution in [0.5, 0.6) is 0 Å². The van der Waals surface area contributed by atoms with Gasteiger partial charge in [0.25, 0.3) is 0 Å². The van der Waals surface area contributed by atoms with E-state index in [1.165, 1.54) is 19.3 Å². The van der Waals surface area contributed by atoms with Crippen LogP contribution in [0.3, 0.4) is 0 Å². The zero-order valence-electron chi connectivity index (χ0n) is 11.2. The lowest BCUT2D eigenvalue weighted by Crippen LogP contribution is -2.52. The van der Waals surface area contributed by atoms with Gasteiger partial charge in [-0.25, -0.2) is 0 Å². The van der Waals surface area contributed by atoms with Gasteiger partial charge in [-0.2, -0.15) is 0 Å². The first-order valence-electron chi connectivity index (χ1n) is 7.15. The van der Waals surface area contributed by atoms with Crippen molar-refractivity contribution in [2.75, 3.05) is 0 Å². The van der Waals surface area contributed by atoms with Crippen LogP contribution < -0.4 is 11.1 Å². The molecule has 1 atom stereocenters. The number of carbonyl (C=O) groups excluding carboxylic acids is 1. The number of carbonyl (C=O) groups is 1. The van der Waals surface area contributed by atoms with Crippen LogP contribution in [0.4, 0.5) is 0 Å². The minimum atomic E-state index is -0.564. The number of hydrogen-bond acceptors (Lipinski definition) is 2. The summed E-state index contributed by atoms with van der Waals surface area (Å²) >= 11 is 5.17. The number of hydrogen-bond donors (Lipinski definition) is 2. The number of nitrogens with two attached hydrogens (primary N) is 1. The van der Waals surface area contributed by atoms with Crippen LogP contribution in [0.1, 0.15) is 58.3 Å². The van der Waals surface area contributed by atoms with E-state index in [0.29, 0.717) is 4.99 Å². The van der Waals surface area contributed by atoms with Gasteiger partial charge in [0.15, 0.2) is 0 Å². The minimum Gasteiger partial charge on any atom is -0.392 e. The quantitative estimate of drug-likeness (QED) is 0.753. The van der Waals surface area contributed by atoms with Crippen LogP contribution in [0, 0.1) is 11.3 Å². The molecule has 2 fully saturated rings. The summed E-state index contributed by atoms with van der Waals surface area (Å²) in [7, 11) is 0. The zero-order chi connectivity index (χ0) is 13.2. The van der Waals surface area contributed by atoms with Crippen LogP contribution in [-0.2, 0) is 4.79 Å². The first-order valence-corrected chi connectivity index (χ1v) is 7.56. The molecule has 1 unspecified atom stereocenters. The standard InChI is InChI=1S/C14H24N2OS/c1-10(9-11-5-6-11)16-13(17)14(12(15)18)7-3-2-4-8-14/h10-11H,2-9H2,1H3,(H2,15,18)(H,16,17). The molecule has 0 aromatic rings. The van der Waals surface area contributed by atoms with Crippen molar-refractivity contribution >= 4 is 23.1 Å². The summed E-state index contributed by atoms with van der Waals surface area (Å²) in [6.07, 6.45) is 8.69. The molecule has 2 saturated carbocycles. The molecule has 2 rings (SSSR count). The fourth-order valence-electron chi connectivity index (χ4n) is 3.02. The molecule has 0 spiro atoms. The molecule has 0 aliphatic heterocycles. The van der Waals surface area contributed by atoms with E-state index in [2.05, 4.69) is 12.2 Å². The molecule has 3 N–H and O–H groups in total. The minimum absolute atomic E-state index is 0.0721. The second-order valence-electron chi connectivity index (χ2n) is 6.06.